The molecule has 0 bridgehead atoms. The highest BCUT2D eigenvalue weighted by atomic mass is 16.1. The molecule has 0 fully saturated rings. The Balaban J connectivity index is 2.11. The average Bonchev–Trinajstić information content (AvgIpc) is 2.93. The van der Waals surface area contributed by atoms with Crippen LogP contribution in [0.1, 0.15) is 31.4 Å². The van der Waals surface area contributed by atoms with Gasteiger partial charge < -0.3 is 4.57 Å². The van der Waals surface area contributed by atoms with Crippen LogP contribution in [-0.2, 0) is 13.6 Å². The Morgan fingerprint density at radius 2 is 2.00 bits per heavy atom. The smallest absolute Gasteiger partial charge is 0.261 e. The number of benzene rings is 1. The van der Waals surface area contributed by atoms with Gasteiger partial charge in [0, 0.05) is 25.4 Å². The van der Waals surface area contributed by atoms with Crippen LogP contribution in [0.5, 0.6) is 0 Å². The zero-order chi connectivity index (χ0) is 15.0. The number of hydrogen-bond donors (Lipinski definition) is 0. The van der Waals surface area contributed by atoms with Crippen LogP contribution in [0.15, 0.2) is 41.5 Å². The molecule has 0 aliphatic rings. The molecule has 108 valence electrons. The molecule has 0 spiro atoms. The summed E-state index contributed by atoms with van der Waals surface area (Å²) in [6.07, 6.45) is 3.71. The number of rotatable bonds is 3. The minimum Gasteiger partial charge on any atom is -0.327 e. The largest absolute Gasteiger partial charge is 0.327 e. The molecule has 3 aromatic rings. The molecular formula is C16H18N4O. The second-order valence-corrected chi connectivity index (χ2v) is 5.48. The van der Waals surface area contributed by atoms with Gasteiger partial charge in [0.25, 0.3) is 5.56 Å². The lowest BCUT2D eigenvalue weighted by atomic mass is 10.2. The van der Waals surface area contributed by atoms with Gasteiger partial charge in [0.05, 0.1) is 17.4 Å². The molecule has 0 amide bonds. The van der Waals surface area contributed by atoms with Crippen LogP contribution in [0.4, 0.5) is 0 Å². The Kier molecular flexibility index (Phi) is 3.33. The molecule has 0 unspecified atom stereocenters. The number of aromatic nitrogens is 4. The first-order valence-electron chi connectivity index (χ1n) is 7.03. The van der Waals surface area contributed by atoms with E-state index in [9.17, 15) is 4.79 Å². The molecule has 0 saturated carbocycles. The van der Waals surface area contributed by atoms with E-state index in [0.717, 1.165) is 17.2 Å². The second kappa shape index (κ2) is 5.16. The molecule has 5 nitrogen and oxygen atoms in total. The van der Waals surface area contributed by atoms with Crippen molar-refractivity contribution in [3.63, 3.8) is 0 Å². The zero-order valence-corrected chi connectivity index (χ0v) is 12.4. The number of para-hydroxylation sites is 1. The third-order valence-corrected chi connectivity index (χ3v) is 3.65. The summed E-state index contributed by atoms with van der Waals surface area (Å²) in [5.74, 6) is 2.06. The number of imidazole rings is 1. The highest BCUT2D eigenvalue weighted by Crippen LogP contribution is 2.14. The van der Waals surface area contributed by atoms with E-state index in [1.54, 1.807) is 17.8 Å². The summed E-state index contributed by atoms with van der Waals surface area (Å²) in [6.45, 7) is 4.75. The molecule has 2 aromatic heterocycles. The van der Waals surface area contributed by atoms with E-state index in [-0.39, 0.29) is 5.56 Å². The van der Waals surface area contributed by atoms with Crippen molar-refractivity contribution < 1.29 is 0 Å². The highest BCUT2D eigenvalue weighted by molar-refractivity contribution is 5.77. The van der Waals surface area contributed by atoms with Gasteiger partial charge in [-0.1, -0.05) is 26.0 Å². The SMILES string of the molecule is CC(C)c1nccn1Cc1nc2ccccc2c(=O)n1C. The predicted molar refractivity (Wildman–Crippen MR) is 82.4 cm³/mol. The van der Waals surface area contributed by atoms with Gasteiger partial charge in [-0.15, -0.1) is 0 Å². The lowest BCUT2D eigenvalue weighted by Gasteiger charge is -2.13. The maximum absolute atomic E-state index is 12.4. The first-order valence-corrected chi connectivity index (χ1v) is 7.03. The molecule has 1 aromatic carbocycles. The zero-order valence-electron chi connectivity index (χ0n) is 12.4. The molecule has 5 heteroatoms. The molecule has 3 rings (SSSR count). The molecule has 0 aliphatic heterocycles. The van der Waals surface area contributed by atoms with Crippen LogP contribution < -0.4 is 5.56 Å². The summed E-state index contributed by atoms with van der Waals surface area (Å²) in [6, 6.07) is 7.44. The summed E-state index contributed by atoms with van der Waals surface area (Å²) in [5.41, 5.74) is 0.726. The van der Waals surface area contributed by atoms with Crippen molar-refractivity contribution in [1.82, 2.24) is 19.1 Å². The normalized spacial score (nSPS) is 11.4. The Morgan fingerprint density at radius 3 is 2.76 bits per heavy atom. The summed E-state index contributed by atoms with van der Waals surface area (Å²) < 4.78 is 3.66. The highest BCUT2D eigenvalue weighted by Gasteiger charge is 2.12. The monoisotopic (exact) mass is 282 g/mol. The van der Waals surface area contributed by atoms with Gasteiger partial charge in [-0.3, -0.25) is 9.36 Å². The topological polar surface area (TPSA) is 52.7 Å². The van der Waals surface area contributed by atoms with Crippen molar-refractivity contribution in [2.24, 2.45) is 7.05 Å². The molecule has 0 atom stereocenters. The minimum absolute atomic E-state index is 0.0122. The minimum atomic E-state index is -0.0122. The van der Waals surface area contributed by atoms with Crippen molar-refractivity contribution in [2.75, 3.05) is 0 Å². The standard InChI is InChI=1S/C16H18N4O/c1-11(2)15-17-8-9-20(15)10-14-18-13-7-5-4-6-12(13)16(21)19(14)3/h4-9,11H,10H2,1-3H3. The van der Waals surface area contributed by atoms with E-state index in [4.69, 9.17) is 0 Å². The molecule has 0 saturated heterocycles. The van der Waals surface area contributed by atoms with Gasteiger partial charge in [-0.05, 0) is 12.1 Å². The number of nitrogens with zero attached hydrogens (tertiary/aromatic N) is 4. The molecule has 0 radical (unpaired) electrons. The fourth-order valence-corrected chi connectivity index (χ4v) is 2.51. The van der Waals surface area contributed by atoms with Gasteiger partial charge >= 0.3 is 0 Å². The van der Waals surface area contributed by atoms with Gasteiger partial charge in [-0.2, -0.15) is 0 Å². The first kappa shape index (κ1) is 13.5. The van der Waals surface area contributed by atoms with Crippen molar-refractivity contribution in [2.45, 2.75) is 26.3 Å². The summed E-state index contributed by atoms with van der Waals surface area (Å²) in [7, 11) is 1.77. The summed E-state index contributed by atoms with van der Waals surface area (Å²) >= 11 is 0. The van der Waals surface area contributed by atoms with Crippen LogP contribution in [0, 0.1) is 0 Å². The number of hydrogen-bond acceptors (Lipinski definition) is 3. The predicted octanol–water partition coefficient (Wildman–Crippen LogP) is 2.30. The van der Waals surface area contributed by atoms with Crippen molar-refractivity contribution in [1.29, 1.82) is 0 Å². The van der Waals surface area contributed by atoms with E-state index in [2.05, 4.69) is 23.8 Å². The molecule has 0 aliphatic carbocycles. The summed E-state index contributed by atoms with van der Waals surface area (Å²) in [5, 5.41) is 0.651. The van der Waals surface area contributed by atoms with Crippen molar-refractivity contribution in [3.8, 4) is 0 Å². The Bertz CT molecular complexity index is 845. The van der Waals surface area contributed by atoms with E-state index in [0.29, 0.717) is 17.8 Å². The average molecular weight is 282 g/mol. The first-order chi connectivity index (χ1) is 10.1. The van der Waals surface area contributed by atoms with E-state index < -0.39 is 0 Å². The van der Waals surface area contributed by atoms with E-state index in [1.807, 2.05) is 35.0 Å². The van der Waals surface area contributed by atoms with Gasteiger partial charge in [0.2, 0.25) is 0 Å². The van der Waals surface area contributed by atoms with Gasteiger partial charge in [0.15, 0.2) is 0 Å². The van der Waals surface area contributed by atoms with Crippen LogP contribution in [0.3, 0.4) is 0 Å². The van der Waals surface area contributed by atoms with Crippen molar-refractivity contribution in [3.05, 3.63) is 58.7 Å². The van der Waals surface area contributed by atoms with Crippen molar-refractivity contribution >= 4 is 10.9 Å². The molecule has 0 N–H and O–H groups in total. The van der Waals surface area contributed by atoms with Gasteiger partial charge in [-0.25, -0.2) is 9.97 Å². The van der Waals surface area contributed by atoms with Crippen LogP contribution in [0.2, 0.25) is 0 Å². The fraction of sp³-hybridized carbons (Fsp3) is 0.312. The second-order valence-electron chi connectivity index (χ2n) is 5.48. The quantitative estimate of drug-likeness (QED) is 0.740. The van der Waals surface area contributed by atoms with Gasteiger partial charge in [0.1, 0.15) is 11.6 Å². The van der Waals surface area contributed by atoms with Crippen LogP contribution >= 0.6 is 0 Å². The lowest BCUT2D eigenvalue weighted by molar-refractivity contribution is 0.620. The van der Waals surface area contributed by atoms with Crippen LogP contribution in [-0.4, -0.2) is 19.1 Å². The maximum atomic E-state index is 12.4. The van der Waals surface area contributed by atoms with E-state index in [1.165, 1.54) is 0 Å². The molecule has 2 heterocycles. The third-order valence-electron chi connectivity index (χ3n) is 3.65. The van der Waals surface area contributed by atoms with E-state index >= 15 is 0 Å². The third kappa shape index (κ3) is 2.35. The summed E-state index contributed by atoms with van der Waals surface area (Å²) in [4.78, 5) is 21.4. The number of fused-ring (bicyclic) bond motifs is 1. The Morgan fingerprint density at radius 1 is 1.24 bits per heavy atom. The Labute approximate surface area is 122 Å². The maximum Gasteiger partial charge on any atom is 0.261 e. The fourth-order valence-electron chi connectivity index (χ4n) is 2.51. The Hall–Kier alpha value is -2.43. The molecular weight excluding hydrogens is 264 g/mol. The molecule has 21 heavy (non-hydrogen) atoms. The lowest BCUT2D eigenvalue weighted by Crippen LogP contribution is -2.24. The van der Waals surface area contributed by atoms with Crippen LogP contribution in [0.25, 0.3) is 10.9 Å².